The third kappa shape index (κ3) is 5.31. The minimum absolute atomic E-state index is 0.299. The second-order valence-corrected chi connectivity index (χ2v) is 9.33. The van der Waals surface area contributed by atoms with Gasteiger partial charge in [-0.05, 0) is 48.1 Å². The van der Waals surface area contributed by atoms with Gasteiger partial charge in [0.05, 0.1) is 4.90 Å². The first-order valence-electron chi connectivity index (χ1n) is 10.8. The van der Waals surface area contributed by atoms with Crippen molar-refractivity contribution in [3.63, 3.8) is 0 Å². The molecule has 0 atom stereocenters. The fourth-order valence-electron chi connectivity index (χ4n) is 3.76. The van der Waals surface area contributed by atoms with E-state index in [0.717, 1.165) is 24.6 Å². The standard InChI is InChI=1S/C27H26N2O2S/c30-32(31,27-17-10-15-24-21-28-20-18-26(24)27)29-19-9-3-8-16-25(22-11-4-1-5-12-22)23-13-6-2-7-14-23/h1-2,4-7,10-18,20-21,29H,3,8-9,19H2. The van der Waals surface area contributed by atoms with Crippen molar-refractivity contribution in [2.24, 2.45) is 0 Å². The molecule has 1 aromatic heterocycles. The molecule has 0 aliphatic rings. The summed E-state index contributed by atoms with van der Waals surface area (Å²) in [5.41, 5.74) is 3.57. The van der Waals surface area contributed by atoms with Gasteiger partial charge in [0.1, 0.15) is 0 Å². The van der Waals surface area contributed by atoms with Crippen molar-refractivity contribution in [2.45, 2.75) is 24.2 Å². The summed E-state index contributed by atoms with van der Waals surface area (Å²) in [5.74, 6) is 0. The molecule has 1 heterocycles. The number of allylic oxidation sites excluding steroid dienone is 1. The van der Waals surface area contributed by atoms with Gasteiger partial charge in [0.25, 0.3) is 0 Å². The molecule has 0 amide bonds. The van der Waals surface area contributed by atoms with E-state index in [1.165, 1.54) is 16.7 Å². The lowest BCUT2D eigenvalue weighted by molar-refractivity contribution is 0.578. The molecule has 0 bridgehead atoms. The Balaban J connectivity index is 1.37. The highest BCUT2D eigenvalue weighted by Gasteiger charge is 2.16. The fraction of sp³-hybridized carbons (Fsp3) is 0.148. The van der Waals surface area contributed by atoms with Crippen molar-refractivity contribution in [3.05, 3.63) is 115 Å². The van der Waals surface area contributed by atoms with E-state index >= 15 is 0 Å². The lowest BCUT2D eigenvalue weighted by Crippen LogP contribution is -2.25. The van der Waals surface area contributed by atoms with Crippen molar-refractivity contribution < 1.29 is 8.42 Å². The predicted octanol–water partition coefficient (Wildman–Crippen LogP) is 5.82. The molecule has 0 spiro atoms. The number of hydrogen-bond acceptors (Lipinski definition) is 3. The first kappa shape index (κ1) is 21.9. The molecule has 0 fully saturated rings. The van der Waals surface area contributed by atoms with Crippen LogP contribution in [0.1, 0.15) is 30.4 Å². The fourth-order valence-corrected chi connectivity index (χ4v) is 5.07. The molecule has 1 N–H and O–H groups in total. The summed E-state index contributed by atoms with van der Waals surface area (Å²) in [7, 11) is -3.57. The van der Waals surface area contributed by atoms with E-state index in [2.05, 4.69) is 40.0 Å². The van der Waals surface area contributed by atoms with Crippen LogP contribution in [-0.4, -0.2) is 19.9 Å². The molecule has 4 aromatic rings. The maximum Gasteiger partial charge on any atom is 0.241 e. The molecule has 0 aliphatic carbocycles. The van der Waals surface area contributed by atoms with Gasteiger partial charge in [-0.2, -0.15) is 0 Å². The highest BCUT2D eigenvalue weighted by molar-refractivity contribution is 7.89. The summed E-state index contributed by atoms with van der Waals surface area (Å²) >= 11 is 0. The quantitative estimate of drug-likeness (QED) is 0.333. The Hall–Kier alpha value is -3.28. The van der Waals surface area contributed by atoms with Crippen molar-refractivity contribution in [2.75, 3.05) is 6.54 Å². The summed E-state index contributed by atoms with van der Waals surface area (Å²) in [6.07, 6.45) is 8.07. The van der Waals surface area contributed by atoms with Crippen LogP contribution < -0.4 is 4.72 Å². The molecule has 0 saturated heterocycles. The first-order chi connectivity index (χ1) is 15.6. The van der Waals surface area contributed by atoms with Crippen LogP contribution in [0.15, 0.2) is 108 Å². The van der Waals surface area contributed by atoms with E-state index in [0.29, 0.717) is 16.8 Å². The Bertz CT molecular complexity index is 1250. The topological polar surface area (TPSA) is 59.1 Å². The van der Waals surface area contributed by atoms with Gasteiger partial charge in [-0.15, -0.1) is 0 Å². The molecule has 0 unspecified atom stereocenters. The average molecular weight is 443 g/mol. The number of nitrogens with zero attached hydrogens (tertiary/aromatic N) is 1. The minimum Gasteiger partial charge on any atom is -0.264 e. The van der Waals surface area contributed by atoms with Gasteiger partial charge < -0.3 is 0 Å². The van der Waals surface area contributed by atoms with E-state index in [9.17, 15) is 8.42 Å². The monoisotopic (exact) mass is 442 g/mol. The Morgan fingerprint density at radius 1 is 0.812 bits per heavy atom. The molecule has 32 heavy (non-hydrogen) atoms. The molecule has 3 aromatic carbocycles. The van der Waals surface area contributed by atoms with Gasteiger partial charge in [-0.25, -0.2) is 13.1 Å². The zero-order valence-corrected chi connectivity index (χ0v) is 18.6. The van der Waals surface area contributed by atoms with Crippen LogP contribution in [0.5, 0.6) is 0 Å². The van der Waals surface area contributed by atoms with Crippen molar-refractivity contribution >= 4 is 26.4 Å². The third-order valence-corrected chi connectivity index (χ3v) is 6.89. The van der Waals surface area contributed by atoms with E-state index in [1.54, 1.807) is 30.6 Å². The Morgan fingerprint density at radius 3 is 2.19 bits per heavy atom. The van der Waals surface area contributed by atoms with Crippen LogP contribution in [0.4, 0.5) is 0 Å². The molecule has 5 heteroatoms. The summed E-state index contributed by atoms with van der Waals surface area (Å²) in [4.78, 5) is 4.37. The summed E-state index contributed by atoms with van der Waals surface area (Å²) in [5, 5.41) is 1.50. The number of fused-ring (bicyclic) bond motifs is 1. The predicted molar refractivity (Wildman–Crippen MR) is 131 cm³/mol. The van der Waals surface area contributed by atoms with Crippen LogP contribution >= 0.6 is 0 Å². The molecule has 0 radical (unpaired) electrons. The summed E-state index contributed by atoms with van der Waals surface area (Å²) in [6, 6.07) is 27.7. The third-order valence-electron chi connectivity index (χ3n) is 5.37. The highest BCUT2D eigenvalue weighted by Crippen LogP contribution is 2.24. The van der Waals surface area contributed by atoms with Crippen LogP contribution in [0.25, 0.3) is 16.3 Å². The zero-order valence-electron chi connectivity index (χ0n) is 17.8. The number of nitrogens with one attached hydrogen (secondary N) is 1. The second-order valence-electron chi connectivity index (χ2n) is 7.60. The lowest BCUT2D eigenvalue weighted by Gasteiger charge is -2.10. The van der Waals surface area contributed by atoms with E-state index in [4.69, 9.17) is 0 Å². The molecular weight excluding hydrogens is 416 g/mol. The van der Waals surface area contributed by atoms with Gasteiger partial charge in [0.15, 0.2) is 0 Å². The van der Waals surface area contributed by atoms with Crippen LogP contribution in [0.3, 0.4) is 0 Å². The summed E-state index contributed by atoms with van der Waals surface area (Å²) < 4.78 is 28.4. The number of sulfonamides is 1. The van der Waals surface area contributed by atoms with E-state index in [-0.39, 0.29) is 0 Å². The van der Waals surface area contributed by atoms with Gasteiger partial charge >= 0.3 is 0 Å². The van der Waals surface area contributed by atoms with E-state index in [1.807, 2.05) is 42.5 Å². The normalized spacial score (nSPS) is 11.4. The molecular formula is C27H26N2O2S. The highest BCUT2D eigenvalue weighted by atomic mass is 32.2. The number of unbranched alkanes of at least 4 members (excludes halogenated alkanes) is 2. The van der Waals surface area contributed by atoms with Crippen molar-refractivity contribution in [1.29, 1.82) is 0 Å². The smallest absolute Gasteiger partial charge is 0.241 e. The average Bonchev–Trinajstić information content (AvgIpc) is 2.84. The van der Waals surface area contributed by atoms with Crippen molar-refractivity contribution in [1.82, 2.24) is 9.71 Å². The minimum atomic E-state index is -3.57. The second kappa shape index (κ2) is 10.4. The van der Waals surface area contributed by atoms with Gasteiger partial charge in [0.2, 0.25) is 10.0 Å². The molecule has 162 valence electrons. The zero-order chi connectivity index (χ0) is 22.2. The van der Waals surface area contributed by atoms with Crippen molar-refractivity contribution in [3.8, 4) is 0 Å². The number of benzene rings is 3. The summed E-state index contributed by atoms with van der Waals surface area (Å²) in [6.45, 7) is 0.406. The van der Waals surface area contributed by atoms with Gasteiger partial charge in [-0.1, -0.05) is 78.9 Å². The number of aromatic nitrogens is 1. The first-order valence-corrected chi connectivity index (χ1v) is 12.3. The molecule has 0 saturated carbocycles. The van der Waals surface area contributed by atoms with E-state index < -0.39 is 10.0 Å². The largest absolute Gasteiger partial charge is 0.264 e. The molecule has 0 aliphatic heterocycles. The Labute approximate surface area is 189 Å². The molecule has 4 rings (SSSR count). The lowest BCUT2D eigenvalue weighted by atomic mass is 9.96. The maximum atomic E-state index is 12.8. The van der Waals surface area contributed by atoms with Crippen LogP contribution in [0, 0.1) is 0 Å². The Morgan fingerprint density at radius 2 is 1.50 bits per heavy atom. The SMILES string of the molecule is O=S(=O)(NCCCCC=C(c1ccccc1)c1ccccc1)c1cccc2cnccc12. The van der Waals surface area contributed by atoms with Gasteiger partial charge in [0, 0.05) is 29.7 Å². The maximum absolute atomic E-state index is 12.8. The number of rotatable bonds is 9. The van der Waals surface area contributed by atoms with Crippen LogP contribution in [0.2, 0.25) is 0 Å². The molecule has 4 nitrogen and oxygen atoms in total. The van der Waals surface area contributed by atoms with Crippen LogP contribution in [-0.2, 0) is 10.0 Å². The van der Waals surface area contributed by atoms with Gasteiger partial charge in [-0.3, -0.25) is 4.98 Å². The number of hydrogen-bond donors (Lipinski definition) is 1. The Kier molecular flexibility index (Phi) is 7.10. The number of pyridine rings is 1.